The number of nitrogens with zero attached hydrogens (tertiary/aromatic N) is 1. The van der Waals surface area contributed by atoms with Crippen molar-refractivity contribution in [3.8, 4) is 11.5 Å². The van der Waals surface area contributed by atoms with Gasteiger partial charge in [0.25, 0.3) is 0 Å². The number of carbonyl (C=O) groups excluding carboxylic acids is 2. The van der Waals surface area contributed by atoms with Crippen LogP contribution in [-0.2, 0) is 20.9 Å². The van der Waals surface area contributed by atoms with Gasteiger partial charge in [0.05, 0.1) is 17.7 Å². The van der Waals surface area contributed by atoms with Gasteiger partial charge >= 0.3 is 0 Å². The Labute approximate surface area is 262 Å². The van der Waals surface area contributed by atoms with Crippen LogP contribution in [0.3, 0.4) is 0 Å². The lowest BCUT2D eigenvalue weighted by molar-refractivity contribution is -0.119. The largest absolute Gasteiger partial charge is 0.490 e. The molecule has 0 saturated carbocycles. The van der Waals surface area contributed by atoms with Gasteiger partial charge in [-0.3, -0.25) is 9.59 Å². The molecule has 0 atom stereocenters. The quantitative estimate of drug-likeness (QED) is 0.274. The summed E-state index contributed by atoms with van der Waals surface area (Å²) < 4.78 is 32.6. The van der Waals surface area contributed by atoms with Gasteiger partial charge in [-0.1, -0.05) is 45.9 Å². The monoisotopic (exact) mass is 653 g/mol. The van der Waals surface area contributed by atoms with E-state index in [1.165, 1.54) is 6.07 Å². The van der Waals surface area contributed by atoms with Crippen molar-refractivity contribution in [3.05, 3.63) is 80.4 Å². The lowest BCUT2D eigenvalue weighted by Crippen LogP contribution is -2.45. The molecule has 230 valence electrons. The molecule has 2 aromatic carbocycles. The first-order valence-corrected chi connectivity index (χ1v) is 15.8. The average molecular weight is 655 g/mol. The molecule has 0 bridgehead atoms. The molecule has 5 rings (SSSR count). The number of carbonyl (C=O) groups is 2. The summed E-state index contributed by atoms with van der Waals surface area (Å²) in [5.74, 6) is 0.189. The van der Waals surface area contributed by atoms with Crippen LogP contribution in [0, 0.1) is 16.6 Å². The number of hydrogen-bond donors (Lipinski definition) is 0. The smallest absolute Gasteiger partial charge is 0.175 e. The van der Waals surface area contributed by atoms with Gasteiger partial charge in [-0.25, -0.2) is 4.39 Å². The van der Waals surface area contributed by atoms with Crippen molar-refractivity contribution in [2.45, 2.75) is 72.8 Å². The normalized spacial score (nSPS) is 19.9. The minimum Gasteiger partial charge on any atom is -0.490 e. The van der Waals surface area contributed by atoms with Crippen molar-refractivity contribution in [2.75, 3.05) is 26.9 Å². The van der Waals surface area contributed by atoms with Gasteiger partial charge in [-0.15, -0.1) is 0 Å². The number of benzene rings is 2. The standard InChI is InChI=1S/C35H41BrFNO5/c1-7-42-29-15-22(14-23(36)33(29)43-20-21-10-8-9-11-24(21)37)30-31-25(16-34(2,3)18-27(31)39)38(12-13-41-6)26-17-35(4,5)19-28(40)32(26)30/h8-11,14-15,30H,7,12-13,16-20H2,1-6H3. The predicted molar refractivity (Wildman–Crippen MR) is 167 cm³/mol. The van der Waals surface area contributed by atoms with E-state index in [2.05, 4.69) is 48.5 Å². The highest BCUT2D eigenvalue weighted by Crippen LogP contribution is 2.55. The number of halogens is 2. The fourth-order valence-corrected chi connectivity index (χ4v) is 7.33. The van der Waals surface area contributed by atoms with Gasteiger partial charge in [0.1, 0.15) is 12.4 Å². The molecule has 0 unspecified atom stereocenters. The van der Waals surface area contributed by atoms with Crippen LogP contribution in [0.4, 0.5) is 4.39 Å². The van der Waals surface area contributed by atoms with Gasteiger partial charge in [0.15, 0.2) is 23.1 Å². The number of allylic oxidation sites excluding steroid dienone is 4. The van der Waals surface area contributed by atoms with E-state index in [0.717, 1.165) is 29.8 Å². The maximum Gasteiger partial charge on any atom is 0.175 e. The van der Waals surface area contributed by atoms with E-state index in [-0.39, 0.29) is 34.8 Å². The number of ether oxygens (including phenoxy) is 3. The summed E-state index contributed by atoms with van der Waals surface area (Å²) in [6.45, 7) is 11.9. The van der Waals surface area contributed by atoms with Gasteiger partial charge in [-0.05, 0) is 70.3 Å². The summed E-state index contributed by atoms with van der Waals surface area (Å²) in [7, 11) is 1.67. The molecule has 0 N–H and O–H groups in total. The minimum absolute atomic E-state index is 0.0221. The highest BCUT2D eigenvalue weighted by atomic mass is 79.9. The number of ketones is 2. The van der Waals surface area contributed by atoms with E-state index in [1.54, 1.807) is 25.3 Å². The molecule has 6 nitrogen and oxygen atoms in total. The molecule has 8 heteroatoms. The molecular weight excluding hydrogens is 613 g/mol. The Hall–Kier alpha value is -2.97. The Morgan fingerprint density at radius 2 is 1.53 bits per heavy atom. The zero-order chi connectivity index (χ0) is 31.1. The number of methoxy groups -OCH3 is 1. The second-order valence-electron chi connectivity index (χ2n) is 13.3. The molecule has 0 radical (unpaired) electrons. The Kier molecular flexibility index (Phi) is 8.92. The molecule has 0 fully saturated rings. The summed E-state index contributed by atoms with van der Waals surface area (Å²) in [6.07, 6.45) is 2.27. The topological polar surface area (TPSA) is 65.1 Å². The second kappa shape index (κ2) is 12.2. The van der Waals surface area contributed by atoms with Crippen LogP contribution in [0.15, 0.2) is 63.4 Å². The maximum atomic E-state index is 14.3. The Morgan fingerprint density at radius 3 is 2.09 bits per heavy atom. The third-order valence-corrected chi connectivity index (χ3v) is 9.12. The van der Waals surface area contributed by atoms with E-state index in [0.29, 0.717) is 65.3 Å². The van der Waals surface area contributed by atoms with Crippen molar-refractivity contribution in [1.29, 1.82) is 0 Å². The molecule has 0 saturated heterocycles. The molecule has 0 aromatic heterocycles. The molecule has 2 aromatic rings. The third-order valence-electron chi connectivity index (χ3n) is 8.54. The summed E-state index contributed by atoms with van der Waals surface area (Å²) in [5.41, 5.74) is 4.16. The Bertz CT molecular complexity index is 1450. The molecule has 0 spiro atoms. The summed E-state index contributed by atoms with van der Waals surface area (Å²) in [5, 5.41) is 0. The fraction of sp³-hybridized carbons (Fsp3) is 0.486. The zero-order valence-electron chi connectivity index (χ0n) is 25.9. The Morgan fingerprint density at radius 1 is 0.930 bits per heavy atom. The van der Waals surface area contributed by atoms with Gasteiger partial charge in [0.2, 0.25) is 0 Å². The van der Waals surface area contributed by atoms with Gasteiger partial charge in [-0.2, -0.15) is 0 Å². The van der Waals surface area contributed by atoms with Gasteiger partial charge < -0.3 is 19.1 Å². The fourth-order valence-electron chi connectivity index (χ4n) is 6.76. The highest BCUT2D eigenvalue weighted by molar-refractivity contribution is 9.10. The minimum atomic E-state index is -0.521. The predicted octanol–water partition coefficient (Wildman–Crippen LogP) is 7.90. The number of Topliss-reactive ketones (excluding diaryl/α,β-unsaturated/α-hetero) is 2. The average Bonchev–Trinajstić information content (AvgIpc) is 2.90. The lowest BCUT2D eigenvalue weighted by Gasteiger charge is -2.49. The number of hydrogen-bond acceptors (Lipinski definition) is 6. The molecule has 0 amide bonds. The van der Waals surface area contributed by atoms with Crippen LogP contribution < -0.4 is 9.47 Å². The van der Waals surface area contributed by atoms with Crippen LogP contribution in [-0.4, -0.2) is 43.3 Å². The Balaban J connectivity index is 1.67. The zero-order valence-corrected chi connectivity index (χ0v) is 27.5. The summed E-state index contributed by atoms with van der Waals surface area (Å²) >= 11 is 3.69. The van der Waals surface area contributed by atoms with Crippen LogP contribution >= 0.6 is 15.9 Å². The molecule has 3 aliphatic rings. The molecule has 1 aliphatic heterocycles. The molecule has 1 heterocycles. The van der Waals surface area contributed by atoms with Crippen molar-refractivity contribution in [3.63, 3.8) is 0 Å². The maximum absolute atomic E-state index is 14.3. The first-order valence-electron chi connectivity index (χ1n) is 15.0. The van der Waals surface area contributed by atoms with Crippen LogP contribution in [0.25, 0.3) is 0 Å². The van der Waals surface area contributed by atoms with E-state index in [4.69, 9.17) is 14.2 Å². The van der Waals surface area contributed by atoms with Crippen LogP contribution in [0.5, 0.6) is 11.5 Å². The summed E-state index contributed by atoms with van der Waals surface area (Å²) in [4.78, 5) is 30.3. The van der Waals surface area contributed by atoms with Crippen LogP contribution in [0.1, 0.15) is 77.3 Å². The van der Waals surface area contributed by atoms with Crippen molar-refractivity contribution in [1.82, 2.24) is 4.90 Å². The van der Waals surface area contributed by atoms with E-state index in [1.807, 2.05) is 19.1 Å². The number of rotatable bonds is 9. The van der Waals surface area contributed by atoms with Crippen molar-refractivity contribution >= 4 is 27.5 Å². The van der Waals surface area contributed by atoms with Crippen molar-refractivity contribution in [2.24, 2.45) is 10.8 Å². The third kappa shape index (κ3) is 6.32. The summed E-state index contributed by atoms with van der Waals surface area (Å²) in [6, 6.07) is 10.3. The van der Waals surface area contributed by atoms with E-state index >= 15 is 0 Å². The van der Waals surface area contributed by atoms with Crippen molar-refractivity contribution < 1.29 is 28.2 Å². The van der Waals surface area contributed by atoms with E-state index in [9.17, 15) is 14.0 Å². The molecule has 2 aliphatic carbocycles. The first-order chi connectivity index (χ1) is 20.4. The second-order valence-corrected chi connectivity index (χ2v) is 14.2. The van der Waals surface area contributed by atoms with Crippen LogP contribution in [0.2, 0.25) is 0 Å². The van der Waals surface area contributed by atoms with E-state index < -0.39 is 5.92 Å². The highest BCUT2D eigenvalue weighted by Gasteiger charge is 2.49. The van der Waals surface area contributed by atoms with Gasteiger partial charge in [0, 0.05) is 60.5 Å². The molecular formula is C35H41BrFNO5. The SMILES string of the molecule is CCOc1cc(C2C3=C(CC(C)(C)CC3=O)N(CCOC)C3=C2C(=O)CC(C)(C)C3)cc(Br)c1OCc1ccccc1F. The molecule has 43 heavy (non-hydrogen) atoms. The lowest BCUT2D eigenvalue weighted by atomic mass is 9.63. The first kappa shape index (κ1) is 31.5.